The summed E-state index contributed by atoms with van der Waals surface area (Å²) in [6.45, 7) is 9.35. The summed E-state index contributed by atoms with van der Waals surface area (Å²) >= 11 is 0. The minimum absolute atomic E-state index is 0. The summed E-state index contributed by atoms with van der Waals surface area (Å²) in [5.41, 5.74) is 3.26. The van der Waals surface area contributed by atoms with Crippen molar-refractivity contribution in [3.63, 3.8) is 0 Å². The van der Waals surface area contributed by atoms with Gasteiger partial charge in [-0.3, -0.25) is 23.3 Å². The van der Waals surface area contributed by atoms with E-state index in [1.165, 1.54) is 5.56 Å². The van der Waals surface area contributed by atoms with Crippen molar-refractivity contribution in [1.82, 2.24) is 0 Å². The van der Waals surface area contributed by atoms with Crippen LogP contribution in [0, 0.1) is 12.2 Å². The van der Waals surface area contributed by atoms with Gasteiger partial charge in [-0.15, -0.1) is 11.6 Å². The minimum atomic E-state index is 0. The molecule has 0 bridgehead atoms. The van der Waals surface area contributed by atoms with E-state index in [1.54, 1.807) is 0 Å². The van der Waals surface area contributed by atoms with Gasteiger partial charge in [-0.1, -0.05) is 6.92 Å². The predicted octanol–water partition coefficient (Wildman–Crippen LogP) is 2.92. The zero-order chi connectivity index (χ0) is 8.97. The smallest absolute Gasteiger partial charge is 0 e. The topological polar surface area (TPSA) is 0 Å². The summed E-state index contributed by atoms with van der Waals surface area (Å²) in [4.78, 5) is 0. The first-order chi connectivity index (χ1) is 5.81. The van der Waals surface area contributed by atoms with Gasteiger partial charge in [-0.2, -0.15) is 13.2 Å². The SMILES string of the molecule is C=[C-]c1ccc(CC)cc1[C-]=C.[Y].[Y]. The first-order valence-corrected chi connectivity index (χ1v) is 4.01. The van der Waals surface area contributed by atoms with Crippen LogP contribution >= 0.6 is 0 Å². The molecule has 0 atom stereocenters. The molecule has 0 unspecified atom stereocenters. The average Bonchev–Trinajstić information content (AvgIpc) is 2.16. The van der Waals surface area contributed by atoms with Crippen molar-refractivity contribution in [2.45, 2.75) is 13.3 Å². The number of benzene rings is 1. The maximum absolute atomic E-state index is 3.62. The quantitative estimate of drug-likeness (QED) is 0.746. The number of hydrogen-bond acceptors (Lipinski definition) is 0. The van der Waals surface area contributed by atoms with Crippen LogP contribution in [0.5, 0.6) is 0 Å². The standard InChI is InChI=1S/C12H12.2Y/c1-4-10-7-8-11(5-2)12(6-3)9-10;;/h7-9H,2-4H2,1H3;;/q-2;;. The number of rotatable bonds is 3. The van der Waals surface area contributed by atoms with Gasteiger partial charge in [-0.05, 0) is 6.42 Å². The van der Waals surface area contributed by atoms with E-state index in [1.807, 2.05) is 6.07 Å². The Morgan fingerprint density at radius 2 is 1.64 bits per heavy atom. The molecule has 0 aliphatic rings. The molecule has 0 aliphatic carbocycles. The molecule has 1 rings (SSSR count). The first kappa shape index (κ1) is 17.3. The molecule has 14 heavy (non-hydrogen) atoms. The first-order valence-electron chi connectivity index (χ1n) is 4.01. The third-order valence-corrected chi connectivity index (χ3v) is 1.87. The molecule has 2 heteroatoms. The normalized spacial score (nSPS) is 8.07. The maximum Gasteiger partial charge on any atom is 0 e. The van der Waals surface area contributed by atoms with Crippen molar-refractivity contribution >= 4 is 0 Å². The summed E-state index contributed by atoms with van der Waals surface area (Å²) in [6, 6.07) is 6.15. The molecule has 0 amide bonds. The molecule has 0 spiro atoms. The number of hydrogen-bond donors (Lipinski definition) is 0. The zero-order valence-electron chi connectivity index (χ0n) is 8.51. The van der Waals surface area contributed by atoms with E-state index in [0.29, 0.717) is 0 Å². The van der Waals surface area contributed by atoms with Crippen LogP contribution in [0.15, 0.2) is 31.4 Å². The van der Waals surface area contributed by atoms with Gasteiger partial charge in [0.1, 0.15) is 0 Å². The van der Waals surface area contributed by atoms with Gasteiger partial charge >= 0.3 is 0 Å². The summed E-state index contributed by atoms with van der Waals surface area (Å²) in [5, 5.41) is 0. The van der Waals surface area contributed by atoms with Crippen molar-refractivity contribution < 1.29 is 65.4 Å². The van der Waals surface area contributed by atoms with Crippen LogP contribution in [-0.4, -0.2) is 0 Å². The zero-order valence-corrected chi connectivity index (χ0v) is 14.2. The van der Waals surface area contributed by atoms with E-state index in [2.05, 4.69) is 44.4 Å². The molecule has 0 aromatic heterocycles. The Bertz CT molecular complexity index is 303. The summed E-state index contributed by atoms with van der Waals surface area (Å²) in [6.07, 6.45) is 6.75. The fourth-order valence-corrected chi connectivity index (χ4v) is 1.11. The second-order valence-corrected chi connectivity index (χ2v) is 2.59. The second kappa shape index (κ2) is 9.16. The summed E-state index contributed by atoms with van der Waals surface area (Å²) in [7, 11) is 0. The van der Waals surface area contributed by atoms with E-state index in [4.69, 9.17) is 0 Å². The van der Waals surface area contributed by atoms with Gasteiger partial charge in [0.2, 0.25) is 0 Å². The molecule has 68 valence electrons. The Kier molecular flexibility index (Phi) is 11.3. The van der Waals surface area contributed by atoms with Crippen molar-refractivity contribution in [2.75, 3.05) is 0 Å². The molecule has 1 aromatic carbocycles. The molecule has 0 saturated heterocycles. The Balaban J connectivity index is 0. The molecule has 0 aliphatic heterocycles. The monoisotopic (exact) mass is 334 g/mol. The third-order valence-electron chi connectivity index (χ3n) is 1.87. The van der Waals surface area contributed by atoms with Crippen LogP contribution in [0.4, 0.5) is 0 Å². The van der Waals surface area contributed by atoms with Crippen LogP contribution in [0.1, 0.15) is 23.6 Å². The van der Waals surface area contributed by atoms with Crippen LogP contribution < -0.4 is 0 Å². The fraction of sp³-hybridized carbons (Fsp3) is 0.167. The van der Waals surface area contributed by atoms with Crippen molar-refractivity contribution in [3.05, 3.63) is 60.2 Å². The summed E-state index contributed by atoms with van der Waals surface area (Å²) < 4.78 is 0. The van der Waals surface area contributed by atoms with Crippen molar-refractivity contribution in [2.24, 2.45) is 0 Å². The van der Waals surface area contributed by atoms with Gasteiger partial charge in [-0.25, -0.2) is 12.1 Å². The Hall–Kier alpha value is 0.908. The van der Waals surface area contributed by atoms with Crippen molar-refractivity contribution in [3.8, 4) is 0 Å². The Morgan fingerprint density at radius 3 is 2.07 bits per heavy atom. The van der Waals surface area contributed by atoms with Gasteiger partial charge in [0, 0.05) is 65.4 Å². The van der Waals surface area contributed by atoms with Gasteiger partial charge in [0.15, 0.2) is 0 Å². The van der Waals surface area contributed by atoms with Gasteiger partial charge < -0.3 is 0 Å². The van der Waals surface area contributed by atoms with Crippen LogP contribution in [0.3, 0.4) is 0 Å². The molecule has 0 nitrogen and oxygen atoms in total. The predicted molar refractivity (Wildman–Crippen MR) is 51.8 cm³/mol. The molecule has 1 aromatic rings. The fourth-order valence-electron chi connectivity index (χ4n) is 1.11. The number of aryl methyl sites for hydroxylation is 1. The summed E-state index contributed by atoms with van der Waals surface area (Å²) in [5.74, 6) is 0. The van der Waals surface area contributed by atoms with Gasteiger partial charge in [0.05, 0.1) is 0 Å². The largest absolute Gasteiger partial charge is 0.298 e. The Morgan fingerprint density at radius 1 is 1.07 bits per heavy atom. The molecular formula is C12H12Y2-2. The molecule has 2 radical (unpaired) electrons. The second-order valence-electron chi connectivity index (χ2n) is 2.59. The van der Waals surface area contributed by atoms with E-state index in [0.717, 1.165) is 17.5 Å². The molecule has 0 fully saturated rings. The molecule has 0 heterocycles. The third kappa shape index (κ3) is 4.62. The van der Waals surface area contributed by atoms with E-state index >= 15 is 0 Å². The van der Waals surface area contributed by atoms with Gasteiger partial charge in [0.25, 0.3) is 0 Å². The van der Waals surface area contributed by atoms with Crippen LogP contribution in [-0.2, 0) is 71.8 Å². The Labute approximate surface area is 137 Å². The molecule has 0 N–H and O–H groups in total. The van der Waals surface area contributed by atoms with E-state index < -0.39 is 0 Å². The average molecular weight is 334 g/mol. The van der Waals surface area contributed by atoms with Crippen LogP contribution in [0.25, 0.3) is 0 Å². The minimum Gasteiger partial charge on any atom is -0.298 e. The maximum atomic E-state index is 3.62. The van der Waals surface area contributed by atoms with E-state index in [-0.39, 0.29) is 65.4 Å². The van der Waals surface area contributed by atoms with Crippen LogP contribution in [0.2, 0.25) is 0 Å². The van der Waals surface area contributed by atoms with E-state index in [9.17, 15) is 0 Å². The van der Waals surface area contributed by atoms with Crippen molar-refractivity contribution in [1.29, 1.82) is 0 Å². The molecular weight excluding hydrogens is 322 g/mol. The molecule has 0 saturated carbocycles.